The maximum Gasteiger partial charge on any atom is 0.0707 e. The fraction of sp³-hybridized carbons (Fsp3) is 0.846. The van der Waals surface area contributed by atoms with Crippen molar-refractivity contribution in [3.05, 3.63) is 12.2 Å². The van der Waals surface area contributed by atoms with E-state index in [0.717, 1.165) is 38.1 Å². The topological polar surface area (TPSA) is 30.5 Å². The van der Waals surface area contributed by atoms with Crippen molar-refractivity contribution in [3.63, 3.8) is 0 Å². The van der Waals surface area contributed by atoms with E-state index in [1.165, 1.54) is 0 Å². The minimum Gasteiger partial charge on any atom is -0.376 e. The molecule has 0 aromatic heterocycles. The fourth-order valence-electron chi connectivity index (χ4n) is 1.88. The Morgan fingerprint density at radius 2 is 2.31 bits per heavy atom. The summed E-state index contributed by atoms with van der Waals surface area (Å²) in [4.78, 5) is 0. The number of nitrogens with one attached hydrogen (secondary N) is 1. The van der Waals surface area contributed by atoms with Crippen molar-refractivity contribution in [2.24, 2.45) is 0 Å². The smallest absolute Gasteiger partial charge is 0.0707 e. The highest BCUT2D eigenvalue weighted by molar-refractivity contribution is 4.87. The summed E-state index contributed by atoms with van der Waals surface area (Å²) in [5.41, 5.74) is 1.14. The van der Waals surface area contributed by atoms with Crippen molar-refractivity contribution in [2.75, 3.05) is 26.3 Å². The van der Waals surface area contributed by atoms with Crippen LogP contribution in [0.25, 0.3) is 0 Å². The summed E-state index contributed by atoms with van der Waals surface area (Å²) in [6, 6.07) is 0. The Hall–Kier alpha value is -0.380. The lowest BCUT2D eigenvalue weighted by atomic mass is 10.1. The molecule has 1 saturated heterocycles. The molecule has 94 valence electrons. The number of hydrogen-bond acceptors (Lipinski definition) is 3. The average Bonchev–Trinajstić information content (AvgIpc) is 2.51. The van der Waals surface area contributed by atoms with Crippen LogP contribution in [0.3, 0.4) is 0 Å². The monoisotopic (exact) mass is 227 g/mol. The van der Waals surface area contributed by atoms with Crippen LogP contribution < -0.4 is 5.32 Å². The third-order valence-corrected chi connectivity index (χ3v) is 2.70. The van der Waals surface area contributed by atoms with E-state index in [1.807, 2.05) is 6.92 Å². The van der Waals surface area contributed by atoms with E-state index < -0.39 is 0 Å². The first-order valence-corrected chi connectivity index (χ1v) is 6.10. The zero-order chi connectivity index (χ0) is 12.0. The molecule has 3 heteroatoms. The van der Waals surface area contributed by atoms with Gasteiger partial charge in [-0.1, -0.05) is 12.2 Å². The molecule has 1 fully saturated rings. The van der Waals surface area contributed by atoms with Crippen LogP contribution in [-0.2, 0) is 9.47 Å². The number of rotatable bonds is 7. The lowest BCUT2D eigenvalue weighted by Gasteiger charge is -2.19. The third kappa shape index (κ3) is 5.64. The predicted octanol–water partition coefficient (Wildman–Crippen LogP) is 2.13. The maximum atomic E-state index is 5.88. The molecule has 1 unspecified atom stereocenters. The van der Waals surface area contributed by atoms with E-state index in [9.17, 15) is 0 Å². The lowest BCUT2D eigenvalue weighted by molar-refractivity contribution is -0.0146. The summed E-state index contributed by atoms with van der Waals surface area (Å²) in [6.07, 6.45) is 2.69. The molecule has 1 heterocycles. The zero-order valence-corrected chi connectivity index (χ0v) is 10.8. The van der Waals surface area contributed by atoms with Gasteiger partial charge < -0.3 is 14.8 Å². The van der Waals surface area contributed by atoms with Crippen LogP contribution in [0.5, 0.6) is 0 Å². The van der Waals surface area contributed by atoms with Gasteiger partial charge in [0.1, 0.15) is 0 Å². The lowest BCUT2D eigenvalue weighted by Crippen LogP contribution is -2.31. The maximum absolute atomic E-state index is 5.88. The molecule has 1 aliphatic heterocycles. The largest absolute Gasteiger partial charge is 0.376 e. The van der Waals surface area contributed by atoms with Crippen molar-refractivity contribution >= 4 is 0 Å². The van der Waals surface area contributed by atoms with Crippen molar-refractivity contribution < 1.29 is 9.47 Å². The molecule has 1 aliphatic rings. The van der Waals surface area contributed by atoms with Gasteiger partial charge in [-0.25, -0.2) is 0 Å². The molecule has 1 atom stereocenters. The van der Waals surface area contributed by atoms with E-state index in [1.54, 1.807) is 0 Å². The van der Waals surface area contributed by atoms with Crippen LogP contribution >= 0.6 is 0 Å². The van der Waals surface area contributed by atoms with E-state index >= 15 is 0 Å². The highest BCUT2D eigenvalue weighted by atomic mass is 16.5. The number of hydrogen-bond donors (Lipinski definition) is 1. The van der Waals surface area contributed by atoms with Crippen LogP contribution in [0.1, 0.15) is 33.6 Å². The van der Waals surface area contributed by atoms with Gasteiger partial charge in [0, 0.05) is 13.1 Å². The molecule has 0 aromatic rings. The summed E-state index contributed by atoms with van der Waals surface area (Å²) in [7, 11) is 0. The summed E-state index contributed by atoms with van der Waals surface area (Å²) in [6.45, 7) is 13.3. The molecule has 3 nitrogen and oxygen atoms in total. The van der Waals surface area contributed by atoms with Crippen LogP contribution in [0.15, 0.2) is 12.2 Å². The third-order valence-electron chi connectivity index (χ3n) is 2.70. The Morgan fingerprint density at radius 3 is 2.88 bits per heavy atom. The highest BCUT2D eigenvalue weighted by Crippen LogP contribution is 2.28. The summed E-state index contributed by atoms with van der Waals surface area (Å²) >= 11 is 0. The predicted molar refractivity (Wildman–Crippen MR) is 66.7 cm³/mol. The second-order valence-electron chi connectivity index (χ2n) is 5.25. The van der Waals surface area contributed by atoms with Gasteiger partial charge in [0.2, 0.25) is 0 Å². The highest BCUT2D eigenvalue weighted by Gasteiger charge is 2.30. The summed E-state index contributed by atoms with van der Waals surface area (Å²) < 4.78 is 11.3. The quantitative estimate of drug-likeness (QED) is 0.534. The van der Waals surface area contributed by atoms with Gasteiger partial charge in [0.25, 0.3) is 0 Å². The SMILES string of the molecule is C=C(C)COCCNCC1CCC(C)(C)O1. The minimum atomic E-state index is 0.0722. The summed E-state index contributed by atoms with van der Waals surface area (Å²) in [5, 5.41) is 3.36. The van der Waals surface area contributed by atoms with Crippen LogP contribution in [0.4, 0.5) is 0 Å². The second-order valence-corrected chi connectivity index (χ2v) is 5.25. The van der Waals surface area contributed by atoms with Crippen LogP contribution in [0.2, 0.25) is 0 Å². The molecule has 16 heavy (non-hydrogen) atoms. The van der Waals surface area contributed by atoms with Gasteiger partial charge in [-0.2, -0.15) is 0 Å². The molecular formula is C13H25NO2. The Balaban J connectivity index is 1.94. The Labute approximate surface area is 99.2 Å². The van der Waals surface area contributed by atoms with Crippen molar-refractivity contribution in [1.29, 1.82) is 0 Å². The standard InChI is InChI=1S/C13H25NO2/c1-11(2)10-15-8-7-14-9-12-5-6-13(3,4)16-12/h12,14H,1,5-10H2,2-4H3. The van der Waals surface area contributed by atoms with Crippen molar-refractivity contribution in [1.82, 2.24) is 5.32 Å². The Bertz CT molecular complexity index is 226. The van der Waals surface area contributed by atoms with Gasteiger partial charge >= 0.3 is 0 Å². The molecule has 0 saturated carbocycles. The first kappa shape index (κ1) is 13.7. The molecule has 0 aromatic carbocycles. The van der Waals surface area contributed by atoms with Gasteiger partial charge in [0.05, 0.1) is 24.9 Å². The normalized spacial score (nSPS) is 23.6. The first-order valence-electron chi connectivity index (χ1n) is 6.10. The molecule has 1 N–H and O–H groups in total. The van der Waals surface area contributed by atoms with Gasteiger partial charge in [0.15, 0.2) is 0 Å². The average molecular weight is 227 g/mol. The van der Waals surface area contributed by atoms with Crippen molar-refractivity contribution in [3.8, 4) is 0 Å². The number of ether oxygens (including phenoxy) is 2. The minimum absolute atomic E-state index is 0.0722. The first-order chi connectivity index (χ1) is 7.49. The molecule has 1 rings (SSSR count). The molecule has 0 bridgehead atoms. The molecule has 0 spiro atoms. The zero-order valence-electron chi connectivity index (χ0n) is 10.8. The molecule has 0 radical (unpaired) electrons. The Kier molecular flexibility index (Phi) is 5.46. The fourth-order valence-corrected chi connectivity index (χ4v) is 1.88. The van der Waals surface area contributed by atoms with E-state index in [4.69, 9.17) is 9.47 Å². The van der Waals surface area contributed by atoms with Crippen molar-refractivity contribution in [2.45, 2.75) is 45.3 Å². The summed E-state index contributed by atoms with van der Waals surface area (Å²) in [5.74, 6) is 0. The van der Waals surface area contributed by atoms with E-state index in [2.05, 4.69) is 25.7 Å². The van der Waals surface area contributed by atoms with E-state index in [0.29, 0.717) is 12.7 Å². The van der Waals surface area contributed by atoms with Crippen LogP contribution in [-0.4, -0.2) is 38.0 Å². The van der Waals surface area contributed by atoms with Gasteiger partial charge in [-0.15, -0.1) is 0 Å². The van der Waals surface area contributed by atoms with Gasteiger partial charge in [-0.3, -0.25) is 0 Å². The Morgan fingerprint density at radius 1 is 1.56 bits per heavy atom. The van der Waals surface area contributed by atoms with Crippen LogP contribution in [0, 0.1) is 0 Å². The molecule has 0 amide bonds. The second kappa shape index (κ2) is 6.38. The molecular weight excluding hydrogens is 202 g/mol. The van der Waals surface area contributed by atoms with E-state index in [-0.39, 0.29) is 5.60 Å². The molecule has 0 aliphatic carbocycles. The van der Waals surface area contributed by atoms with Gasteiger partial charge in [-0.05, 0) is 33.6 Å².